The van der Waals surface area contributed by atoms with Crippen LogP contribution in [0.25, 0.3) is 23.1 Å². The summed E-state index contributed by atoms with van der Waals surface area (Å²) in [6.07, 6.45) is 3.86. The van der Waals surface area contributed by atoms with Crippen molar-refractivity contribution in [2.45, 2.75) is 6.92 Å². The average Bonchev–Trinajstić information content (AvgIpc) is 2.88. The minimum absolute atomic E-state index is 0.331. The van der Waals surface area contributed by atoms with E-state index in [2.05, 4.69) is 10.2 Å². The maximum atomic E-state index is 11.0. The Morgan fingerprint density at radius 2 is 2.00 bits per heavy atom. The van der Waals surface area contributed by atoms with E-state index in [1.807, 2.05) is 42.5 Å². The van der Waals surface area contributed by atoms with Crippen LogP contribution in [0.2, 0.25) is 0 Å². The minimum Gasteiger partial charge on any atom is -0.478 e. The highest BCUT2D eigenvalue weighted by molar-refractivity contribution is 5.91. The number of H-pyrrole nitrogens is 1. The molecule has 3 rings (SSSR count). The molecule has 3 aromatic rings. The third-order valence-corrected chi connectivity index (χ3v) is 3.41. The van der Waals surface area contributed by atoms with E-state index in [1.54, 1.807) is 19.1 Å². The first-order valence-electron chi connectivity index (χ1n) is 6.60. The Morgan fingerprint density at radius 1 is 1.19 bits per heavy atom. The standard InChI is InChI=1S/C17H14N2O2/c1-11-10-12(6-8-13(11)17(20)21)7-9-16-14-4-2-3-5-15(14)18-19-16/h2-10H,1H3,(H,18,19)(H,20,21). The molecule has 0 aliphatic carbocycles. The van der Waals surface area contributed by atoms with E-state index in [1.165, 1.54) is 0 Å². The largest absolute Gasteiger partial charge is 0.478 e. The molecule has 0 atom stereocenters. The number of para-hydroxylation sites is 1. The van der Waals surface area contributed by atoms with Crippen molar-refractivity contribution in [3.05, 3.63) is 64.8 Å². The van der Waals surface area contributed by atoms with Gasteiger partial charge in [-0.25, -0.2) is 4.79 Å². The second kappa shape index (κ2) is 5.25. The maximum absolute atomic E-state index is 11.0. The van der Waals surface area contributed by atoms with Crippen LogP contribution in [-0.2, 0) is 0 Å². The van der Waals surface area contributed by atoms with Crippen LogP contribution in [0.15, 0.2) is 42.5 Å². The van der Waals surface area contributed by atoms with E-state index in [0.29, 0.717) is 5.56 Å². The first-order valence-corrected chi connectivity index (χ1v) is 6.60. The molecule has 2 aromatic carbocycles. The van der Waals surface area contributed by atoms with Crippen molar-refractivity contribution in [1.29, 1.82) is 0 Å². The van der Waals surface area contributed by atoms with E-state index in [0.717, 1.165) is 27.7 Å². The zero-order valence-electron chi connectivity index (χ0n) is 11.5. The minimum atomic E-state index is -0.902. The number of aryl methyl sites for hydroxylation is 1. The number of aromatic amines is 1. The Bertz CT molecular complexity index is 847. The van der Waals surface area contributed by atoms with Gasteiger partial charge in [-0.15, -0.1) is 0 Å². The Hall–Kier alpha value is -2.88. The molecule has 1 heterocycles. The molecule has 0 saturated heterocycles. The molecule has 0 bridgehead atoms. The van der Waals surface area contributed by atoms with Crippen LogP contribution in [-0.4, -0.2) is 21.3 Å². The molecule has 0 radical (unpaired) electrons. The van der Waals surface area contributed by atoms with Gasteiger partial charge in [-0.3, -0.25) is 5.10 Å². The number of benzene rings is 2. The second-order valence-electron chi connectivity index (χ2n) is 4.87. The molecule has 104 valence electrons. The molecule has 0 amide bonds. The van der Waals surface area contributed by atoms with Crippen molar-refractivity contribution >= 4 is 29.0 Å². The fourth-order valence-electron chi connectivity index (χ4n) is 2.32. The zero-order valence-corrected chi connectivity index (χ0v) is 11.5. The van der Waals surface area contributed by atoms with Crippen molar-refractivity contribution in [2.75, 3.05) is 0 Å². The number of nitrogens with zero attached hydrogens (tertiary/aromatic N) is 1. The third-order valence-electron chi connectivity index (χ3n) is 3.41. The Morgan fingerprint density at radius 3 is 2.76 bits per heavy atom. The summed E-state index contributed by atoms with van der Waals surface area (Å²) in [6.45, 7) is 1.80. The molecule has 21 heavy (non-hydrogen) atoms. The van der Waals surface area contributed by atoms with Crippen LogP contribution in [0.5, 0.6) is 0 Å². The predicted molar refractivity (Wildman–Crippen MR) is 83.2 cm³/mol. The molecule has 0 fully saturated rings. The average molecular weight is 278 g/mol. The number of carbonyl (C=O) groups is 1. The maximum Gasteiger partial charge on any atom is 0.335 e. The SMILES string of the molecule is Cc1cc(C=Cc2n[nH]c3ccccc23)ccc1C(=O)O. The predicted octanol–water partition coefficient (Wildman–Crippen LogP) is 3.74. The summed E-state index contributed by atoms with van der Waals surface area (Å²) in [7, 11) is 0. The number of aromatic carboxylic acids is 1. The quantitative estimate of drug-likeness (QED) is 0.767. The van der Waals surface area contributed by atoms with Crippen molar-refractivity contribution in [1.82, 2.24) is 10.2 Å². The first-order chi connectivity index (χ1) is 10.1. The third kappa shape index (κ3) is 2.56. The van der Waals surface area contributed by atoms with Gasteiger partial charge in [-0.1, -0.05) is 36.4 Å². The summed E-state index contributed by atoms with van der Waals surface area (Å²) in [4.78, 5) is 11.0. The van der Waals surface area contributed by atoms with Crippen molar-refractivity contribution in [3.63, 3.8) is 0 Å². The Balaban J connectivity index is 1.93. The van der Waals surface area contributed by atoms with Gasteiger partial charge in [-0.2, -0.15) is 5.10 Å². The van der Waals surface area contributed by atoms with Gasteiger partial charge in [0.25, 0.3) is 0 Å². The highest BCUT2D eigenvalue weighted by atomic mass is 16.4. The van der Waals surface area contributed by atoms with Gasteiger partial charge in [0.1, 0.15) is 0 Å². The van der Waals surface area contributed by atoms with E-state index in [4.69, 9.17) is 5.11 Å². The smallest absolute Gasteiger partial charge is 0.335 e. The number of fused-ring (bicyclic) bond motifs is 1. The van der Waals surface area contributed by atoms with Crippen molar-refractivity contribution in [3.8, 4) is 0 Å². The van der Waals surface area contributed by atoms with Crippen LogP contribution in [0, 0.1) is 6.92 Å². The normalized spacial score (nSPS) is 11.3. The van der Waals surface area contributed by atoms with Crippen molar-refractivity contribution in [2.24, 2.45) is 0 Å². The zero-order chi connectivity index (χ0) is 14.8. The van der Waals surface area contributed by atoms with Crippen LogP contribution < -0.4 is 0 Å². The lowest BCUT2D eigenvalue weighted by molar-refractivity contribution is 0.0696. The molecule has 4 heteroatoms. The summed E-state index contributed by atoms with van der Waals surface area (Å²) in [5, 5.41) is 17.3. The van der Waals surface area contributed by atoms with Crippen molar-refractivity contribution < 1.29 is 9.90 Å². The molecule has 1 aromatic heterocycles. The lowest BCUT2D eigenvalue weighted by Gasteiger charge is -2.01. The van der Waals surface area contributed by atoms with E-state index in [9.17, 15) is 4.79 Å². The second-order valence-corrected chi connectivity index (χ2v) is 4.87. The highest BCUT2D eigenvalue weighted by Crippen LogP contribution is 2.18. The molecule has 0 unspecified atom stereocenters. The summed E-state index contributed by atoms with van der Waals surface area (Å²) in [6, 6.07) is 13.2. The van der Waals surface area contributed by atoms with Crippen LogP contribution in [0.1, 0.15) is 27.2 Å². The number of nitrogens with one attached hydrogen (secondary N) is 1. The first kappa shape index (κ1) is 13.1. The molecular formula is C17H14N2O2. The van der Waals surface area contributed by atoms with Gasteiger partial charge in [0.05, 0.1) is 16.8 Å². The molecule has 0 saturated carbocycles. The summed E-state index contributed by atoms with van der Waals surface area (Å²) in [5.41, 5.74) is 3.89. The molecular weight excluding hydrogens is 264 g/mol. The van der Waals surface area contributed by atoms with E-state index < -0.39 is 5.97 Å². The fraction of sp³-hybridized carbons (Fsp3) is 0.0588. The van der Waals surface area contributed by atoms with Crippen LogP contribution >= 0.6 is 0 Å². The fourth-order valence-corrected chi connectivity index (χ4v) is 2.32. The Labute approximate surface area is 121 Å². The molecule has 0 spiro atoms. The summed E-state index contributed by atoms with van der Waals surface area (Å²) < 4.78 is 0. The topological polar surface area (TPSA) is 66.0 Å². The number of hydrogen-bond acceptors (Lipinski definition) is 2. The number of rotatable bonds is 3. The van der Waals surface area contributed by atoms with Crippen LogP contribution in [0.4, 0.5) is 0 Å². The van der Waals surface area contributed by atoms with Crippen LogP contribution in [0.3, 0.4) is 0 Å². The van der Waals surface area contributed by atoms with E-state index >= 15 is 0 Å². The number of carboxylic acids is 1. The molecule has 2 N–H and O–H groups in total. The van der Waals surface area contributed by atoms with Gasteiger partial charge in [0.2, 0.25) is 0 Å². The number of aromatic nitrogens is 2. The van der Waals surface area contributed by atoms with Gasteiger partial charge < -0.3 is 5.11 Å². The summed E-state index contributed by atoms with van der Waals surface area (Å²) in [5.74, 6) is -0.902. The van der Waals surface area contributed by atoms with E-state index in [-0.39, 0.29) is 0 Å². The van der Waals surface area contributed by atoms with Gasteiger partial charge in [0.15, 0.2) is 0 Å². The lowest BCUT2D eigenvalue weighted by Crippen LogP contribution is -1.99. The monoisotopic (exact) mass is 278 g/mol. The molecule has 0 aliphatic rings. The Kier molecular flexibility index (Phi) is 3.28. The number of hydrogen-bond donors (Lipinski definition) is 2. The molecule has 4 nitrogen and oxygen atoms in total. The van der Waals surface area contributed by atoms with Gasteiger partial charge in [0, 0.05) is 5.39 Å². The lowest BCUT2D eigenvalue weighted by atomic mass is 10.0. The molecule has 0 aliphatic heterocycles. The van der Waals surface area contributed by atoms with Gasteiger partial charge >= 0.3 is 5.97 Å². The summed E-state index contributed by atoms with van der Waals surface area (Å²) >= 11 is 0. The number of carboxylic acid groups (broad SMARTS) is 1. The highest BCUT2D eigenvalue weighted by Gasteiger charge is 2.06. The van der Waals surface area contributed by atoms with Gasteiger partial charge in [-0.05, 0) is 36.3 Å².